The van der Waals surface area contributed by atoms with Gasteiger partial charge in [-0.3, -0.25) is 9.36 Å². The highest BCUT2D eigenvalue weighted by atomic mass is 16.5. The lowest BCUT2D eigenvalue weighted by Gasteiger charge is -2.23. The van der Waals surface area contributed by atoms with Crippen LogP contribution in [0.5, 0.6) is 0 Å². The van der Waals surface area contributed by atoms with Crippen LogP contribution in [0.1, 0.15) is 55.3 Å². The summed E-state index contributed by atoms with van der Waals surface area (Å²) in [5.41, 5.74) is 0.621. The number of hydrogen-bond acceptors (Lipinski definition) is 4. The van der Waals surface area contributed by atoms with Crippen LogP contribution in [0.3, 0.4) is 0 Å². The number of rotatable bonds is 5. The fourth-order valence-electron chi connectivity index (χ4n) is 2.37. The number of ketones is 1. The first-order valence-electron chi connectivity index (χ1n) is 6.50. The lowest BCUT2D eigenvalue weighted by Crippen LogP contribution is -2.21. The molecule has 0 saturated heterocycles. The molecule has 0 unspecified atom stereocenters. The van der Waals surface area contributed by atoms with Crippen LogP contribution in [0.2, 0.25) is 0 Å². The second-order valence-electron chi connectivity index (χ2n) is 4.77. The van der Waals surface area contributed by atoms with Gasteiger partial charge in [-0.1, -0.05) is 19.3 Å². The number of aliphatic hydroxyl groups is 1. The normalized spacial score (nSPS) is 17.0. The van der Waals surface area contributed by atoms with E-state index in [9.17, 15) is 9.90 Å². The monoisotopic (exact) mass is 252 g/mol. The number of imidazole rings is 1. The zero-order valence-corrected chi connectivity index (χ0v) is 10.8. The summed E-state index contributed by atoms with van der Waals surface area (Å²) in [6.45, 7) is 1.64. The average Bonchev–Trinajstić information content (AvgIpc) is 2.80. The minimum Gasteiger partial charge on any atom is -0.390 e. The van der Waals surface area contributed by atoms with E-state index in [-0.39, 0.29) is 18.5 Å². The van der Waals surface area contributed by atoms with E-state index in [2.05, 4.69) is 4.98 Å². The van der Waals surface area contributed by atoms with Gasteiger partial charge >= 0.3 is 0 Å². The Kier molecular flexibility index (Phi) is 4.49. The summed E-state index contributed by atoms with van der Waals surface area (Å²) in [5.74, 6) is 0.247. The highest BCUT2D eigenvalue weighted by Crippen LogP contribution is 2.21. The van der Waals surface area contributed by atoms with Crippen LogP contribution in [-0.4, -0.2) is 26.5 Å². The van der Waals surface area contributed by atoms with Gasteiger partial charge in [0.25, 0.3) is 0 Å². The molecule has 1 fully saturated rings. The molecule has 5 nitrogen and oxygen atoms in total. The average molecular weight is 252 g/mol. The van der Waals surface area contributed by atoms with Crippen LogP contribution in [0, 0.1) is 0 Å². The summed E-state index contributed by atoms with van der Waals surface area (Å²) in [6, 6.07) is 0. The van der Waals surface area contributed by atoms with Gasteiger partial charge in [-0.05, 0) is 12.8 Å². The zero-order valence-electron chi connectivity index (χ0n) is 10.8. The molecular formula is C13H20N2O3. The van der Waals surface area contributed by atoms with Gasteiger partial charge in [-0.2, -0.15) is 0 Å². The summed E-state index contributed by atoms with van der Waals surface area (Å²) in [5, 5.41) is 9.22. The van der Waals surface area contributed by atoms with E-state index in [1.165, 1.54) is 32.4 Å². The zero-order chi connectivity index (χ0) is 13.0. The Balaban J connectivity index is 2.02. The molecule has 1 heterocycles. The van der Waals surface area contributed by atoms with Gasteiger partial charge in [0, 0.05) is 6.92 Å². The molecule has 0 bridgehead atoms. The first kappa shape index (κ1) is 13.2. The molecule has 1 N–H and O–H groups in total. The maximum absolute atomic E-state index is 11.4. The number of ether oxygens (including phenoxy) is 1. The summed E-state index contributed by atoms with van der Waals surface area (Å²) in [6.07, 6.45) is 7.67. The second-order valence-corrected chi connectivity index (χ2v) is 4.77. The van der Waals surface area contributed by atoms with Crippen molar-refractivity contribution in [2.24, 2.45) is 0 Å². The van der Waals surface area contributed by atoms with Gasteiger partial charge in [-0.25, -0.2) is 4.98 Å². The number of Topliss-reactive ketones (excluding diaryl/α,β-unsaturated/α-hetero) is 1. The van der Waals surface area contributed by atoms with E-state index in [0.29, 0.717) is 18.2 Å². The molecule has 1 aromatic rings. The van der Waals surface area contributed by atoms with Crippen molar-refractivity contribution in [2.45, 2.75) is 58.5 Å². The molecule has 1 aliphatic rings. The number of carbonyl (C=O) groups excluding carboxylic acids is 1. The van der Waals surface area contributed by atoms with E-state index in [4.69, 9.17) is 4.74 Å². The number of carbonyl (C=O) groups is 1. The number of aromatic nitrogens is 2. The Hall–Kier alpha value is -1.20. The summed E-state index contributed by atoms with van der Waals surface area (Å²) in [7, 11) is 0. The molecular weight excluding hydrogens is 232 g/mol. The summed E-state index contributed by atoms with van der Waals surface area (Å²) < 4.78 is 7.48. The van der Waals surface area contributed by atoms with Gasteiger partial charge in [0.15, 0.2) is 11.6 Å². The molecule has 18 heavy (non-hydrogen) atoms. The standard InChI is InChI=1S/C13H20N2O3/c1-10(17)13-14-7-11(8-16)15(13)9-18-12-5-3-2-4-6-12/h7,12,16H,2-6,8-9H2,1H3. The second kappa shape index (κ2) is 6.11. The minimum absolute atomic E-state index is 0.109. The maximum Gasteiger partial charge on any atom is 0.195 e. The largest absolute Gasteiger partial charge is 0.390 e. The minimum atomic E-state index is -0.131. The molecule has 0 aliphatic heterocycles. The predicted molar refractivity (Wildman–Crippen MR) is 66.1 cm³/mol. The Morgan fingerprint density at radius 1 is 1.50 bits per heavy atom. The molecule has 0 atom stereocenters. The van der Waals surface area contributed by atoms with E-state index in [1.54, 1.807) is 4.57 Å². The molecule has 100 valence electrons. The van der Waals surface area contributed by atoms with Gasteiger partial charge in [0.1, 0.15) is 6.73 Å². The third-order valence-electron chi connectivity index (χ3n) is 3.41. The van der Waals surface area contributed by atoms with Crippen molar-refractivity contribution in [3.8, 4) is 0 Å². The van der Waals surface area contributed by atoms with Crippen molar-refractivity contribution in [1.82, 2.24) is 9.55 Å². The van der Waals surface area contributed by atoms with Crippen molar-refractivity contribution in [1.29, 1.82) is 0 Å². The first-order chi connectivity index (χ1) is 8.72. The lowest BCUT2D eigenvalue weighted by atomic mass is 9.98. The highest BCUT2D eigenvalue weighted by molar-refractivity contribution is 5.90. The quantitative estimate of drug-likeness (QED) is 0.813. The first-order valence-corrected chi connectivity index (χ1v) is 6.50. The smallest absolute Gasteiger partial charge is 0.195 e. The maximum atomic E-state index is 11.4. The van der Waals surface area contributed by atoms with Crippen LogP contribution >= 0.6 is 0 Å². The van der Waals surface area contributed by atoms with Crippen molar-refractivity contribution in [2.75, 3.05) is 0 Å². The molecule has 1 aliphatic carbocycles. The molecule has 1 saturated carbocycles. The van der Waals surface area contributed by atoms with E-state index in [0.717, 1.165) is 12.8 Å². The Morgan fingerprint density at radius 2 is 2.22 bits per heavy atom. The number of hydrogen-bond donors (Lipinski definition) is 1. The molecule has 0 amide bonds. The molecule has 0 aromatic carbocycles. The third-order valence-corrected chi connectivity index (χ3v) is 3.41. The topological polar surface area (TPSA) is 64.3 Å². The van der Waals surface area contributed by atoms with Crippen LogP contribution in [0.25, 0.3) is 0 Å². The van der Waals surface area contributed by atoms with Gasteiger partial charge < -0.3 is 9.84 Å². The van der Waals surface area contributed by atoms with Crippen molar-refractivity contribution in [3.63, 3.8) is 0 Å². The Labute approximate surface area is 107 Å². The molecule has 0 spiro atoms. The summed E-state index contributed by atoms with van der Waals surface area (Å²) in [4.78, 5) is 15.4. The number of nitrogens with zero attached hydrogens (tertiary/aromatic N) is 2. The molecule has 2 rings (SSSR count). The van der Waals surface area contributed by atoms with Crippen molar-refractivity contribution in [3.05, 3.63) is 17.7 Å². The van der Waals surface area contributed by atoms with Gasteiger partial charge in [0.05, 0.1) is 24.6 Å². The highest BCUT2D eigenvalue weighted by Gasteiger charge is 2.17. The van der Waals surface area contributed by atoms with Crippen molar-refractivity contribution >= 4 is 5.78 Å². The molecule has 5 heteroatoms. The Bertz CT molecular complexity index is 408. The fourth-order valence-corrected chi connectivity index (χ4v) is 2.37. The predicted octanol–water partition coefficient (Wildman–Crippen LogP) is 1.88. The molecule has 0 radical (unpaired) electrons. The fraction of sp³-hybridized carbons (Fsp3) is 0.692. The van der Waals surface area contributed by atoms with Crippen LogP contribution in [0.4, 0.5) is 0 Å². The Morgan fingerprint density at radius 3 is 2.83 bits per heavy atom. The lowest BCUT2D eigenvalue weighted by molar-refractivity contribution is -0.0155. The van der Waals surface area contributed by atoms with E-state index >= 15 is 0 Å². The third kappa shape index (κ3) is 2.97. The van der Waals surface area contributed by atoms with Gasteiger partial charge in [-0.15, -0.1) is 0 Å². The van der Waals surface area contributed by atoms with Gasteiger partial charge in [0.2, 0.25) is 0 Å². The van der Waals surface area contributed by atoms with Crippen molar-refractivity contribution < 1.29 is 14.6 Å². The van der Waals surface area contributed by atoms with E-state index in [1.807, 2.05) is 0 Å². The summed E-state index contributed by atoms with van der Waals surface area (Å²) >= 11 is 0. The molecule has 1 aromatic heterocycles. The SMILES string of the molecule is CC(=O)c1ncc(CO)n1COC1CCCCC1. The van der Waals surface area contributed by atoms with E-state index < -0.39 is 0 Å². The van der Waals surface area contributed by atoms with Crippen LogP contribution in [0.15, 0.2) is 6.20 Å². The van der Waals surface area contributed by atoms with Crippen LogP contribution in [-0.2, 0) is 18.1 Å². The number of aliphatic hydroxyl groups excluding tert-OH is 1. The van der Waals surface area contributed by atoms with Crippen LogP contribution < -0.4 is 0 Å².